The second kappa shape index (κ2) is 18.9. The second-order valence-electron chi connectivity index (χ2n) is 19.6. The van der Waals surface area contributed by atoms with Gasteiger partial charge in [-0.3, -0.25) is 0 Å². The molecule has 0 saturated heterocycles. The third kappa shape index (κ3) is 8.30. The first-order chi connectivity index (χ1) is 33.1. The zero-order valence-electron chi connectivity index (χ0n) is 39.6. The molecule has 0 radical (unpaired) electrons. The highest BCUT2D eigenvalue weighted by atomic mass is 15.1. The van der Waals surface area contributed by atoms with Crippen LogP contribution in [-0.4, -0.2) is 0 Å². The largest absolute Gasteiger partial charge is 0.310 e. The molecule has 0 unspecified atom stereocenters. The predicted octanol–water partition coefficient (Wildman–Crippen LogP) is 18.4. The summed E-state index contributed by atoms with van der Waals surface area (Å²) in [5.41, 5.74) is 24.0. The molecule has 11 rings (SSSR count). The molecule has 0 saturated carbocycles. The van der Waals surface area contributed by atoms with Crippen LogP contribution in [0.3, 0.4) is 0 Å². The number of unbranched alkanes of at least 4 members (excludes halogenated alkanes) is 6. The molecule has 8 aromatic carbocycles. The fourth-order valence-electron chi connectivity index (χ4n) is 11.6. The van der Waals surface area contributed by atoms with Crippen LogP contribution in [0.4, 0.5) is 34.1 Å². The van der Waals surface area contributed by atoms with Gasteiger partial charge in [0.25, 0.3) is 0 Å². The van der Waals surface area contributed by atoms with Crippen molar-refractivity contribution in [2.24, 2.45) is 0 Å². The molecule has 0 bridgehead atoms. The molecule has 2 nitrogen and oxygen atoms in total. The average molecular weight is 873 g/mol. The van der Waals surface area contributed by atoms with Gasteiger partial charge in [-0.2, -0.15) is 0 Å². The van der Waals surface area contributed by atoms with E-state index in [0.717, 1.165) is 12.8 Å². The quantitative estimate of drug-likeness (QED) is 0.0793. The minimum atomic E-state index is -0.121. The lowest BCUT2D eigenvalue weighted by Crippen LogP contribution is -2.26. The van der Waals surface area contributed by atoms with E-state index in [1.807, 2.05) is 0 Å². The standard InChI is InChI=1S/C65H64N2/c1-3-5-7-15-39-65(40-16-8-6-4-2)63-45-59(66(55-21-11-9-12-22-55)57-25-17-19-49(43-57)53-33-29-47-27-31-51(47)41-53)35-37-61(63)62-38-36-60(46-64(62)65)67(56-23-13-10-14-24-56)58-26-18-20-50(44-58)54-34-30-48-28-32-52(48)42-54/h9-14,17-26,29-30,33-38,41-46H,3-8,15-16,27-28,31-32,39-40H2,1-2H3. The van der Waals surface area contributed by atoms with Gasteiger partial charge in [-0.25, -0.2) is 0 Å². The van der Waals surface area contributed by atoms with Gasteiger partial charge >= 0.3 is 0 Å². The first-order valence-corrected chi connectivity index (χ1v) is 25.5. The second-order valence-corrected chi connectivity index (χ2v) is 19.6. The normalized spacial score (nSPS) is 13.7. The Morgan fingerprint density at radius 3 is 1.13 bits per heavy atom. The number of nitrogens with zero attached hydrogens (tertiary/aromatic N) is 2. The first kappa shape index (κ1) is 43.0. The maximum Gasteiger partial charge on any atom is 0.0467 e. The maximum atomic E-state index is 2.60. The molecule has 0 fully saturated rings. The van der Waals surface area contributed by atoms with Crippen LogP contribution in [0.25, 0.3) is 33.4 Å². The maximum absolute atomic E-state index is 2.60. The van der Waals surface area contributed by atoms with Crippen molar-refractivity contribution in [2.45, 2.75) is 109 Å². The molecule has 0 aromatic heterocycles. The van der Waals surface area contributed by atoms with E-state index in [-0.39, 0.29) is 5.41 Å². The van der Waals surface area contributed by atoms with Gasteiger partial charge in [-0.15, -0.1) is 0 Å². The van der Waals surface area contributed by atoms with Gasteiger partial charge < -0.3 is 9.80 Å². The molecule has 2 heteroatoms. The van der Waals surface area contributed by atoms with Crippen molar-refractivity contribution in [2.75, 3.05) is 9.80 Å². The van der Waals surface area contributed by atoms with Crippen LogP contribution in [0.5, 0.6) is 0 Å². The van der Waals surface area contributed by atoms with Gasteiger partial charge in [0, 0.05) is 39.5 Å². The summed E-state index contributed by atoms with van der Waals surface area (Å²) in [6, 6.07) is 69.6. The van der Waals surface area contributed by atoms with Crippen molar-refractivity contribution < 1.29 is 0 Å². The zero-order chi connectivity index (χ0) is 45.2. The summed E-state index contributed by atoms with van der Waals surface area (Å²) in [5.74, 6) is 0. The van der Waals surface area contributed by atoms with Crippen LogP contribution < -0.4 is 9.80 Å². The van der Waals surface area contributed by atoms with Crippen molar-refractivity contribution in [3.05, 3.63) is 215 Å². The topological polar surface area (TPSA) is 6.48 Å². The molecule has 3 aliphatic rings. The molecule has 0 amide bonds. The third-order valence-electron chi connectivity index (χ3n) is 15.4. The highest BCUT2D eigenvalue weighted by molar-refractivity contribution is 5.89. The monoisotopic (exact) mass is 873 g/mol. The number of aryl methyl sites for hydroxylation is 4. The minimum Gasteiger partial charge on any atom is -0.310 e. The van der Waals surface area contributed by atoms with Crippen LogP contribution >= 0.6 is 0 Å². The molecule has 3 aliphatic carbocycles. The summed E-state index contributed by atoms with van der Waals surface area (Å²) in [4.78, 5) is 5.00. The lowest BCUT2D eigenvalue weighted by molar-refractivity contribution is 0.401. The van der Waals surface area contributed by atoms with E-state index in [0.29, 0.717) is 0 Å². The van der Waals surface area contributed by atoms with E-state index in [2.05, 4.69) is 206 Å². The Hall–Kier alpha value is -6.64. The Bertz CT molecular complexity index is 2810. The Morgan fingerprint density at radius 2 is 0.731 bits per heavy atom. The van der Waals surface area contributed by atoms with Gasteiger partial charge in [0.1, 0.15) is 0 Å². The molecular formula is C65H64N2. The van der Waals surface area contributed by atoms with Gasteiger partial charge in [-0.1, -0.05) is 174 Å². The average Bonchev–Trinajstić information content (AvgIpc) is 3.61. The fourth-order valence-corrected chi connectivity index (χ4v) is 11.6. The molecule has 8 aromatic rings. The molecular weight excluding hydrogens is 809 g/mol. The summed E-state index contributed by atoms with van der Waals surface area (Å²) in [6.45, 7) is 4.68. The molecule has 0 N–H and O–H groups in total. The number of hydrogen-bond donors (Lipinski definition) is 0. The van der Waals surface area contributed by atoms with Crippen molar-refractivity contribution in [1.82, 2.24) is 0 Å². The first-order valence-electron chi connectivity index (χ1n) is 25.5. The molecule has 0 atom stereocenters. The smallest absolute Gasteiger partial charge is 0.0467 e. The van der Waals surface area contributed by atoms with Gasteiger partial charge in [-0.05, 0) is 178 Å². The Morgan fingerprint density at radius 1 is 0.328 bits per heavy atom. The Kier molecular flexibility index (Phi) is 12.1. The van der Waals surface area contributed by atoms with E-state index >= 15 is 0 Å². The van der Waals surface area contributed by atoms with Crippen LogP contribution in [0.1, 0.15) is 111 Å². The minimum absolute atomic E-state index is 0.121. The number of anilines is 6. The lowest BCUT2D eigenvalue weighted by atomic mass is 9.70. The highest BCUT2D eigenvalue weighted by Gasteiger charge is 2.43. The van der Waals surface area contributed by atoms with Gasteiger partial charge in [0.2, 0.25) is 0 Å². The Balaban J connectivity index is 1.05. The lowest BCUT2D eigenvalue weighted by Gasteiger charge is -2.35. The van der Waals surface area contributed by atoms with Crippen molar-refractivity contribution in [1.29, 1.82) is 0 Å². The summed E-state index contributed by atoms with van der Waals surface area (Å²) in [7, 11) is 0. The van der Waals surface area contributed by atoms with E-state index in [4.69, 9.17) is 0 Å². The van der Waals surface area contributed by atoms with E-state index in [9.17, 15) is 0 Å². The fraction of sp³-hybridized carbons (Fsp3) is 0.262. The molecule has 0 aliphatic heterocycles. The van der Waals surface area contributed by atoms with E-state index in [1.54, 1.807) is 0 Å². The zero-order valence-corrected chi connectivity index (χ0v) is 39.6. The van der Waals surface area contributed by atoms with Crippen LogP contribution in [0.2, 0.25) is 0 Å². The van der Waals surface area contributed by atoms with Crippen molar-refractivity contribution in [3.8, 4) is 33.4 Å². The Labute approximate surface area is 400 Å². The van der Waals surface area contributed by atoms with Gasteiger partial charge in [0.15, 0.2) is 0 Å². The number of fused-ring (bicyclic) bond motifs is 5. The van der Waals surface area contributed by atoms with E-state index < -0.39 is 0 Å². The van der Waals surface area contributed by atoms with Crippen LogP contribution in [0.15, 0.2) is 182 Å². The van der Waals surface area contributed by atoms with Gasteiger partial charge in [0.05, 0.1) is 0 Å². The number of rotatable bonds is 18. The molecule has 67 heavy (non-hydrogen) atoms. The highest BCUT2D eigenvalue weighted by Crippen LogP contribution is 2.57. The summed E-state index contributed by atoms with van der Waals surface area (Å²) < 4.78 is 0. The predicted molar refractivity (Wildman–Crippen MR) is 285 cm³/mol. The number of para-hydroxylation sites is 2. The molecule has 0 spiro atoms. The van der Waals surface area contributed by atoms with Crippen LogP contribution in [-0.2, 0) is 31.1 Å². The third-order valence-corrected chi connectivity index (χ3v) is 15.4. The molecule has 334 valence electrons. The van der Waals surface area contributed by atoms with Crippen molar-refractivity contribution >= 4 is 34.1 Å². The van der Waals surface area contributed by atoms with Crippen LogP contribution in [0, 0.1) is 0 Å². The summed E-state index contributed by atoms with van der Waals surface area (Å²) >= 11 is 0. The van der Waals surface area contributed by atoms with E-state index in [1.165, 1.54) is 178 Å². The summed E-state index contributed by atoms with van der Waals surface area (Å²) in [6.07, 6.45) is 17.0. The number of benzene rings is 8. The summed E-state index contributed by atoms with van der Waals surface area (Å²) in [5, 5.41) is 0. The SMILES string of the molecule is CCCCCCC1(CCCCCC)c2cc(N(c3ccccc3)c3cccc(-c4ccc5c(c4)CC5)c3)ccc2-c2ccc(N(c3ccccc3)c3cccc(-c4ccc5c(c4)CC5)c3)cc21. The molecule has 0 heterocycles. The van der Waals surface area contributed by atoms with Crippen molar-refractivity contribution in [3.63, 3.8) is 0 Å². The number of hydrogen-bond acceptors (Lipinski definition) is 2.